The molecule has 0 aromatic carbocycles. The Morgan fingerprint density at radius 3 is 2.60 bits per heavy atom. The van der Waals surface area contributed by atoms with Gasteiger partial charge in [-0.3, -0.25) is 4.79 Å². The highest BCUT2D eigenvalue weighted by atomic mass is 35.5. The number of aromatic nitrogens is 4. The predicted molar refractivity (Wildman–Crippen MR) is 58.6 cm³/mol. The number of hydrogen-bond donors (Lipinski definition) is 0. The van der Waals surface area contributed by atoms with Crippen LogP contribution in [0.5, 0.6) is 0 Å². The lowest BCUT2D eigenvalue weighted by Crippen LogP contribution is -2.30. The summed E-state index contributed by atoms with van der Waals surface area (Å²) in [4.78, 5) is 12.3. The fraction of sp³-hybridized carbons (Fsp3) is 0.500. The third-order valence-electron chi connectivity index (χ3n) is 1.88. The minimum Gasteiger partial charge on any atom is -0.265 e. The first kappa shape index (κ1) is 10.5. The highest BCUT2D eigenvalue weighted by molar-refractivity contribution is 7.20. The quantitative estimate of drug-likeness (QED) is 0.705. The molecule has 0 amide bonds. The highest BCUT2D eigenvalue weighted by Gasteiger charge is 2.22. The fourth-order valence-corrected chi connectivity index (χ4v) is 2.01. The largest absolute Gasteiger partial charge is 0.297 e. The van der Waals surface area contributed by atoms with Gasteiger partial charge in [-0.05, 0) is 11.6 Å². The molecular weight excluding hydrogens is 236 g/mol. The normalized spacial score (nSPS) is 12.3. The van der Waals surface area contributed by atoms with Crippen molar-refractivity contribution in [3.63, 3.8) is 0 Å². The molecule has 0 radical (unpaired) electrons. The van der Waals surface area contributed by atoms with Crippen molar-refractivity contribution in [1.29, 1.82) is 0 Å². The van der Waals surface area contributed by atoms with Crippen molar-refractivity contribution in [1.82, 2.24) is 19.8 Å². The molecular formula is C8H9ClN4OS. The van der Waals surface area contributed by atoms with E-state index in [1.807, 2.05) is 20.8 Å². The third-order valence-corrected chi connectivity index (χ3v) is 2.87. The molecule has 0 aliphatic carbocycles. The summed E-state index contributed by atoms with van der Waals surface area (Å²) in [5, 5.41) is 11.7. The van der Waals surface area contributed by atoms with Crippen LogP contribution < -0.4 is 5.56 Å². The van der Waals surface area contributed by atoms with Crippen molar-refractivity contribution in [2.24, 2.45) is 0 Å². The Balaban J connectivity index is 2.82. The summed E-state index contributed by atoms with van der Waals surface area (Å²) in [7, 11) is 0. The molecule has 5 nitrogen and oxygen atoms in total. The van der Waals surface area contributed by atoms with Crippen LogP contribution in [0.3, 0.4) is 0 Å². The molecule has 80 valence electrons. The van der Waals surface area contributed by atoms with Crippen molar-refractivity contribution in [3.8, 4) is 0 Å². The van der Waals surface area contributed by atoms with Crippen LogP contribution in [0.25, 0.3) is 4.96 Å². The van der Waals surface area contributed by atoms with E-state index in [2.05, 4.69) is 15.3 Å². The SMILES string of the molecule is CC(C)(C)c1nnc2sc(Cl)nn2c1=O. The van der Waals surface area contributed by atoms with Gasteiger partial charge in [0.05, 0.1) is 0 Å². The summed E-state index contributed by atoms with van der Waals surface area (Å²) in [5.41, 5.74) is -0.209. The van der Waals surface area contributed by atoms with Gasteiger partial charge in [-0.1, -0.05) is 32.1 Å². The van der Waals surface area contributed by atoms with Crippen LogP contribution in [0.1, 0.15) is 26.5 Å². The minimum absolute atomic E-state index is 0.254. The molecule has 0 bridgehead atoms. The highest BCUT2D eigenvalue weighted by Crippen LogP contribution is 2.18. The molecule has 0 fully saturated rings. The first-order valence-electron chi connectivity index (χ1n) is 4.32. The van der Waals surface area contributed by atoms with Crippen LogP contribution in [0.15, 0.2) is 4.79 Å². The Bertz CT molecular complexity index is 568. The van der Waals surface area contributed by atoms with E-state index < -0.39 is 0 Å². The topological polar surface area (TPSA) is 60.1 Å². The van der Waals surface area contributed by atoms with Crippen LogP contribution in [-0.2, 0) is 5.41 Å². The van der Waals surface area contributed by atoms with Crippen molar-refractivity contribution in [2.75, 3.05) is 0 Å². The molecule has 7 heteroatoms. The summed E-state index contributed by atoms with van der Waals surface area (Å²) in [6.45, 7) is 5.70. The number of halogens is 1. The van der Waals surface area contributed by atoms with Gasteiger partial charge < -0.3 is 0 Å². The van der Waals surface area contributed by atoms with Crippen LogP contribution in [-0.4, -0.2) is 19.8 Å². The van der Waals surface area contributed by atoms with E-state index in [1.54, 1.807) is 0 Å². The average Bonchev–Trinajstić information content (AvgIpc) is 2.44. The Hall–Kier alpha value is -1.01. The zero-order chi connectivity index (χ0) is 11.2. The predicted octanol–water partition coefficient (Wildman–Crippen LogP) is 1.50. The monoisotopic (exact) mass is 244 g/mol. The molecule has 2 rings (SSSR count). The standard InChI is InChI=1S/C8H9ClN4OS/c1-8(2,3)4-5(14)13-7(11-10-4)15-6(9)12-13/h1-3H3. The first-order chi connectivity index (χ1) is 6.89. The fourth-order valence-electron chi connectivity index (χ4n) is 1.16. The Kier molecular flexibility index (Phi) is 2.27. The van der Waals surface area contributed by atoms with E-state index in [0.717, 1.165) is 11.3 Å². The molecule has 0 N–H and O–H groups in total. The van der Waals surface area contributed by atoms with Gasteiger partial charge in [-0.2, -0.15) is 4.52 Å². The Labute approximate surface area is 94.7 Å². The van der Waals surface area contributed by atoms with Gasteiger partial charge in [-0.15, -0.1) is 15.3 Å². The van der Waals surface area contributed by atoms with Crippen LogP contribution in [0.2, 0.25) is 4.47 Å². The minimum atomic E-state index is -0.346. The molecule has 0 saturated carbocycles. The second-order valence-electron chi connectivity index (χ2n) is 4.15. The van der Waals surface area contributed by atoms with Gasteiger partial charge in [0.15, 0.2) is 0 Å². The lowest BCUT2D eigenvalue weighted by molar-refractivity contribution is 0.542. The molecule has 2 heterocycles. The van der Waals surface area contributed by atoms with E-state index in [9.17, 15) is 4.79 Å². The third kappa shape index (κ3) is 1.74. The number of nitrogens with zero attached hydrogens (tertiary/aromatic N) is 4. The van der Waals surface area contributed by atoms with Gasteiger partial charge in [0.1, 0.15) is 5.69 Å². The molecule has 0 unspecified atom stereocenters. The maximum absolute atomic E-state index is 11.9. The summed E-state index contributed by atoms with van der Waals surface area (Å²) >= 11 is 6.83. The molecule has 15 heavy (non-hydrogen) atoms. The van der Waals surface area contributed by atoms with Gasteiger partial charge >= 0.3 is 0 Å². The van der Waals surface area contributed by atoms with Gasteiger partial charge in [0.2, 0.25) is 9.43 Å². The summed E-state index contributed by atoms with van der Waals surface area (Å²) in [6.07, 6.45) is 0. The Morgan fingerprint density at radius 2 is 2.00 bits per heavy atom. The van der Waals surface area contributed by atoms with Crippen LogP contribution >= 0.6 is 22.9 Å². The van der Waals surface area contributed by atoms with Gasteiger partial charge in [0, 0.05) is 5.41 Å². The smallest absolute Gasteiger partial charge is 0.265 e. The second kappa shape index (κ2) is 3.24. The molecule has 0 saturated heterocycles. The summed E-state index contributed by atoms with van der Waals surface area (Å²) in [6, 6.07) is 0. The number of fused-ring (bicyclic) bond motifs is 1. The zero-order valence-corrected chi connectivity index (χ0v) is 10.1. The molecule has 0 aliphatic rings. The van der Waals surface area contributed by atoms with Crippen molar-refractivity contribution >= 4 is 27.9 Å². The number of rotatable bonds is 0. The van der Waals surface area contributed by atoms with E-state index in [-0.39, 0.29) is 15.4 Å². The molecule has 0 spiro atoms. The second-order valence-corrected chi connectivity index (χ2v) is 5.69. The van der Waals surface area contributed by atoms with Crippen molar-refractivity contribution in [3.05, 3.63) is 20.5 Å². The average molecular weight is 245 g/mol. The van der Waals surface area contributed by atoms with Crippen LogP contribution in [0, 0.1) is 0 Å². The number of hydrogen-bond acceptors (Lipinski definition) is 5. The molecule has 0 aliphatic heterocycles. The summed E-state index contributed by atoms with van der Waals surface area (Å²) < 4.78 is 1.48. The lowest BCUT2D eigenvalue weighted by atomic mass is 9.93. The van der Waals surface area contributed by atoms with Crippen LogP contribution in [0.4, 0.5) is 0 Å². The molecule has 2 aromatic heterocycles. The lowest BCUT2D eigenvalue weighted by Gasteiger charge is -2.14. The maximum atomic E-state index is 11.9. The van der Waals surface area contributed by atoms with Crippen molar-refractivity contribution < 1.29 is 0 Å². The van der Waals surface area contributed by atoms with Gasteiger partial charge in [0.25, 0.3) is 5.56 Å². The Morgan fingerprint density at radius 1 is 1.33 bits per heavy atom. The van der Waals surface area contributed by atoms with E-state index in [0.29, 0.717) is 10.7 Å². The van der Waals surface area contributed by atoms with Gasteiger partial charge in [-0.25, -0.2) is 0 Å². The first-order valence-corrected chi connectivity index (χ1v) is 5.51. The van der Waals surface area contributed by atoms with Crippen molar-refractivity contribution in [2.45, 2.75) is 26.2 Å². The molecule has 0 atom stereocenters. The molecule has 2 aromatic rings. The van der Waals surface area contributed by atoms with E-state index in [4.69, 9.17) is 11.6 Å². The zero-order valence-electron chi connectivity index (χ0n) is 8.48. The summed E-state index contributed by atoms with van der Waals surface area (Å²) in [5.74, 6) is 0. The van der Waals surface area contributed by atoms with E-state index in [1.165, 1.54) is 4.52 Å². The maximum Gasteiger partial charge on any atom is 0.297 e. The van der Waals surface area contributed by atoms with E-state index >= 15 is 0 Å².